The van der Waals surface area contributed by atoms with Crippen molar-refractivity contribution in [3.8, 4) is 17.6 Å². The zero-order chi connectivity index (χ0) is 19.0. The number of phenolic OH excluding ortho intramolecular Hbond substituents is 1. The van der Waals surface area contributed by atoms with Crippen LogP contribution in [0.25, 0.3) is 0 Å². The van der Waals surface area contributed by atoms with Crippen LogP contribution in [0.2, 0.25) is 0 Å². The minimum Gasteiger partial charge on any atom is -0.504 e. The lowest BCUT2D eigenvalue weighted by atomic mass is 9.76. The van der Waals surface area contributed by atoms with Gasteiger partial charge in [0.25, 0.3) is 0 Å². The maximum Gasteiger partial charge on any atom is 0.161 e. The van der Waals surface area contributed by atoms with Crippen LogP contribution in [0.3, 0.4) is 0 Å². The lowest BCUT2D eigenvalue weighted by Gasteiger charge is -2.42. The molecule has 136 valence electrons. The molecule has 1 unspecified atom stereocenters. The van der Waals surface area contributed by atoms with Crippen LogP contribution in [0, 0.1) is 11.3 Å². The average molecular weight is 354 g/mol. The Hall–Kier alpha value is -2.98. The predicted molar refractivity (Wildman–Crippen MR) is 95.6 cm³/mol. The van der Waals surface area contributed by atoms with Crippen molar-refractivity contribution in [2.45, 2.75) is 25.2 Å². The van der Waals surface area contributed by atoms with E-state index in [1.165, 1.54) is 13.2 Å². The molecule has 1 aromatic carbocycles. The molecule has 1 aliphatic carbocycles. The number of nitriles is 1. The predicted octanol–water partition coefficient (Wildman–Crippen LogP) is 1.98. The molecule has 3 rings (SSSR count). The van der Waals surface area contributed by atoms with E-state index in [0.29, 0.717) is 41.1 Å². The number of hydrogen-bond acceptors (Lipinski definition) is 7. The van der Waals surface area contributed by atoms with Gasteiger partial charge in [-0.1, -0.05) is 6.07 Å². The number of ether oxygens (including phenoxy) is 1. The molecule has 0 amide bonds. The number of benzene rings is 1. The number of hydrogen-bond donors (Lipinski definition) is 2. The van der Waals surface area contributed by atoms with E-state index in [-0.39, 0.29) is 11.5 Å². The highest BCUT2D eigenvalue weighted by molar-refractivity contribution is 5.99. The fourth-order valence-corrected chi connectivity index (χ4v) is 3.73. The lowest BCUT2D eigenvalue weighted by molar-refractivity contribution is -0.116. The van der Waals surface area contributed by atoms with Crippen molar-refractivity contribution >= 4 is 5.78 Å². The Labute approximate surface area is 152 Å². The number of ketones is 1. The molecule has 1 atom stereocenters. The first-order valence-corrected chi connectivity index (χ1v) is 8.41. The number of aromatic hydroxyl groups is 1. The molecule has 0 bridgehead atoms. The van der Waals surface area contributed by atoms with Crippen LogP contribution in [-0.4, -0.2) is 42.1 Å². The second kappa shape index (κ2) is 6.73. The summed E-state index contributed by atoms with van der Waals surface area (Å²) in [6, 6.07) is 7.05. The second-order valence-corrected chi connectivity index (χ2v) is 6.57. The largest absolute Gasteiger partial charge is 0.504 e. The minimum absolute atomic E-state index is 0.00149. The van der Waals surface area contributed by atoms with E-state index < -0.39 is 5.92 Å². The van der Waals surface area contributed by atoms with Crippen molar-refractivity contribution in [1.82, 2.24) is 10.0 Å². The quantitative estimate of drug-likeness (QED) is 0.855. The van der Waals surface area contributed by atoms with E-state index in [2.05, 4.69) is 6.07 Å². The van der Waals surface area contributed by atoms with Gasteiger partial charge in [0.15, 0.2) is 17.3 Å². The van der Waals surface area contributed by atoms with Crippen LogP contribution >= 0.6 is 0 Å². The SMILES string of the molecule is COc1cc(C2C(C#N)=C(N)N(N(C)C)C3=C2C(=O)CCC3)ccc1O. The van der Waals surface area contributed by atoms with Crippen molar-refractivity contribution in [2.24, 2.45) is 5.73 Å². The number of nitrogens with two attached hydrogens (primary N) is 1. The Kier molecular flexibility index (Phi) is 4.62. The van der Waals surface area contributed by atoms with Crippen LogP contribution in [0.4, 0.5) is 0 Å². The minimum atomic E-state index is -0.562. The molecule has 0 fully saturated rings. The molecule has 0 radical (unpaired) electrons. The van der Waals surface area contributed by atoms with Gasteiger partial charge in [-0.2, -0.15) is 5.26 Å². The zero-order valence-electron chi connectivity index (χ0n) is 15.1. The zero-order valence-corrected chi connectivity index (χ0v) is 15.1. The van der Waals surface area contributed by atoms with Crippen molar-refractivity contribution in [2.75, 3.05) is 21.2 Å². The Bertz CT molecular complexity index is 864. The van der Waals surface area contributed by atoms with Gasteiger partial charge in [-0.15, -0.1) is 0 Å². The number of rotatable bonds is 3. The summed E-state index contributed by atoms with van der Waals surface area (Å²) in [7, 11) is 5.12. The van der Waals surface area contributed by atoms with Crippen molar-refractivity contribution < 1.29 is 14.6 Å². The number of nitrogens with zero attached hydrogens (tertiary/aromatic N) is 3. The molecule has 1 aromatic rings. The molecule has 26 heavy (non-hydrogen) atoms. The lowest BCUT2D eigenvalue weighted by Crippen LogP contribution is -2.45. The van der Waals surface area contributed by atoms with Crippen molar-refractivity contribution in [1.29, 1.82) is 5.26 Å². The third-order valence-electron chi connectivity index (χ3n) is 4.82. The highest BCUT2D eigenvalue weighted by Crippen LogP contribution is 2.46. The molecule has 0 saturated carbocycles. The first-order chi connectivity index (χ1) is 12.4. The third-order valence-corrected chi connectivity index (χ3v) is 4.82. The van der Waals surface area contributed by atoms with E-state index in [0.717, 1.165) is 12.1 Å². The highest BCUT2D eigenvalue weighted by atomic mass is 16.5. The van der Waals surface area contributed by atoms with Gasteiger partial charge >= 0.3 is 0 Å². The standard InChI is InChI=1S/C19H22N4O3/c1-22(2)23-13-5-4-6-15(25)18(13)17(12(10-20)19(23)21)11-7-8-14(24)16(9-11)26-3/h7-9,17,24H,4-6,21H2,1-3H3. The highest BCUT2D eigenvalue weighted by Gasteiger charge is 2.40. The molecule has 0 spiro atoms. The second-order valence-electron chi connectivity index (χ2n) is 6.57. The van der Waals surface area contributed by atoms with E-state index in [1.807, 2.05) is 14.1 Å². The molecule has 1 aliphatic heterocycles. The van der Waals surface area contributed by atoms with E-state index in [4.69, 9.17) is 10.5 Å². The molecule has 3 N–H and O–H groups in total. The summed E-state index contributed by atoms with van der Waals surface area (Å²) < 4.78 is 5.19. The van der Waals surface area contributed by atoms with Crippen LogP contribution in [0.15, 0.2) is 40.9 Å². The van der Waals surface area contributed by atoms with E-state index >= 15 is 0 Å². The summed E-state index contributed by atoms with van der Waals surface area (Å²) in [6.07, 6.45) is 1.91. The smallest absolute Gasteiger partial charge is 0.161 e. The van der Waals surface area contributed by atoms with Gasteiger partial charge in [0, 0.05) is 31.8 Å². The normalized spacial score (nSPS) is 20.3. The van der Waals surface area contributed by atoms with Crippen molar-refractivity contribution in [3.05, 3.63) is 46.4 Å². The van der Waals surface area contributed by atoms with E-state index in [9.17, 15) is 15.2 Å². The van der Waals surface area contributed by atoms with Gasteiger partial charge in [-0.05, 0) is 30.5 Å². The van der Waals surface area contributed by atoms with Crippen LogP contribution < -0.4 is 10.5 Å². The summed E-state index contributed by atoms with van der Waals surface area (Å²) in [5.74, 6) is 0.0762. The molecular weight excluding hydrogens is 332 g/mol. The van der Waals surface area contributed by atoms with Gasteiger partial charge < -0.3 is 15.6 Å². The van der Waals surface area contributed by atoms with Crippen LogP contribution in [0.5, 0.6) is 11.5 Å². The van der Waals surface area contributed by atoms with Crippen molar-refractivity contribution in [3.63, 3.8) is 0 Å². The first kappa shape index (κ1) is 17.8. The number of Topliss-reactive ketones (excluding diaryl/α,β-unsaturated/α-hetero) is 1. The van der Waals surface area contributed by atoms with Crippen LogP contribution in [0.1, 0.15) is 30.7 Å². The molecule has 1 heterocycles. The average Bonchev–Trinajstić information content (AvgIpc) is 2.61. The molecule has 2 aliphatic rings. The fraction of sp³-hybridized carbons (Fsp3) is 0.368. The fourth-order valence-electron chi connectivity index (χ4n) is 3.73. The van der Waals surface area contributed by atoms with Gasteiger partial charge in [0.1, 0.15) is 5.82 Å². The molecule has 0 saturated heterocycles. The maximum absolute atomic E-state index is 12.8. The number of phenols is 1. The number of allylic oxidation sites excluding steroid dienone is 3. The molecule has 7 heteroatoms. The number of carbonyl (C=O) groups excluding carboxylic acids is 1. The summed E-state index contributed by atoms with van der Waals surface area (Å²) in [6.45, 7) is 0. The number of carbonyl (C=O) groups is 1. The van der Waals surface area contributed by atoms with E-state index in [1.54, 1.807) is 22.2 Å². The molecular formula is C19H22N4O3. The maximum atomic E-state index is 12.8. The summed E-state index contributed by atoms with van der Waals surface area (Å²) >= 11 is 0. The number of hydrazine groups is 1. The Morgan fingerprint density at radius 2 is 2.12 bits per heavy atom. The van der Waals surface area contributed by atoms with Crippen LogP contribution in [-0.2, 0) is 4.79 Å². The van der Waals surface area contributed by atoms with Gasteiger partial charge in [0.2, 0.25) is 0 Å². The molecule has 7 nitrogen and oxygen atoms in total. The monoisotopic (exact) mass is 354 g/mol. The summed E-state index contributed by atoms with van der Waals surface area (Å²) in [5.41, 5.74) is 8.78. The third kappa shape index (κ3) is 2.68. The van der Waals surface area contributed by atoms with Gasteiger partial charge in [0.05, 0.1) is 24.7 Å². The van der Waals surface area contributed by atoms with Gasteiger partial charge in [-0.25, -0.2) is 5.01 Å². The Morgan fingerprint density at radius 3 is 2.73 bits per heavy atom. The van der Waals surface area contributed by atoms with Gasteiger partial charge in [-0.3, -0.25) is 9.80 Å². The molecule has 0 aromatic heterocycles. The Balaban J connectivity index is 2.26. The first-order valence-electron chi connectivity index (χ1n) is 8.41. The summed E-state index contributed by atoms with van der Waals surface area (Å²) in [4.78, 5) is 12.8. The number of methoxy groups -OCH3 is 1. The Morgan fingerprint density at radius 1 is 1.38 bits per heavy atom. The topological polar surface area (TPSA) is 103 Å². The summed E-state index contributed by atoms with van der Waals surface area (Å²) in [5, 5.41) is 23.2.